The first-order valence-electron chi connectivity index (χ1n) is 13.1. The van der Waals surface area contributed by atoms with E-state index in [1.165, 1.54) is 16.2 Å². The zero-order chi connectivity index (χ0) is 26.8. The molecule has 3 aromatic heterocycles. The molecule has 200 valence electrons. The quantitative estimate of drug-likeness (QED) is 0.382. The van der Waals surface area contributed by atoms with Crippen molar-refractivity contribution in [1.82, 2.24) is 9.97 Å². The van der Waals surface area contributed by atoms with E-state index in [0.29, 0.717) is 53.5 Å². The highest BCUT2D eigenvalue weighted by Gasteiger charge is 2.31. The first-order valence-corrected chi connectivity index (χ1v) is 14.0. The van der Waals surface area contributed by atoms with Crippen LogP contribution >= 0.6 is 11.3 Å². The van der Waals surface area contributed by atoms with Gasteiger partial charge in [-0.1, -0.05) is 25.7 Å². The predicted molar refractivity (Wildman–Crippen MR) is 145 cm³/mol. The molecule has 1 saturated carbocycles. The molecule has 9 nitrogen and oxygen atoms in total. The van der Waals surface area contributed by atoms with E-state index in [9.17, 15) is 19.5 Å². The third-order valence-corrected chi connectivity index (χ3v) is 8.38. The maximum Gasteiger partial charge on any atom is 0.304 e. The number of nitrogens with zero attached hydrogens (tertiary/aromatic N) is 4. The van der Waals surface area contributed by atoms with E-state index < -0.39 is 11.9 Å². The molecule has 2 amide bonds. The minimum atomic E-state index is -0.957. The van der Waals surface area contributed by atoms with Gasteiger partial charge >= 0.3 is 5.97 Å². The zero-order valence-corrected chi connectivity index (χ0v) is 22.5. The SMILES string of the molecule is Cc1cc(-c2csc(N(C)C(=O)C(CC(=O)O)CC3CCCC3)n2)c(-c2ccc(N3CCCC3=O)nc2)o1. The maximum absolute atomic E-state index is 13.3. The third-order valence-electron chi connectivity index (χ3n) is 7.46. The number of rotatable bonds is 9. The standard InChI is InChI=1S/C28H32N4O5S/c1-17-12-21(26(37-17)19-9-10-23(29-15-19)32-11-5-8-24(32)33)22-16-38-28(30-22)31(2)27(36)20(14-25(34)35)13-18-6-3-4-7-18/h9-10,12,15-16,18,20H,3-8,11,13-14H2,1-2H3,(H,34,35). The molecule has 5 rings (SSSR count). The van der Waals surface area contributed by atoms with Gasteiger partial charge in [-0.15, -0.1) is 11.3 Å². The second-order valence-electron chi connectivity index (χ2n) is 10.2. The molecular formula is C28H32N4O5S. The van der Waals surface area contributed by atoms with Gasteiger partial charge in [0, 0.05) is 48.6 Å². The van der Waals surface area contributed by atoms with Crippen LogP contribution in [-0.2, 0) is 14.4 Å². The van der Waals surface area contributed by atoms with Crippen LogP contribution in [0, 0.1) is 18.8 Å². The van der Waals surface area contributed by atoms with E-state index in [1.807, 2.05) is 30.5 Å². The number of aromatic nitrogens is 2. The molecule has 1 aliphatic carbocycles. The summed E-state index contributed by atoms with van der Waals surface area (Å²) in [7, 11) is 1.66. The Balaban J connectivity index is 1.36. The fourth-order valence-electron chi connectivity index (χ4n) is 5.53. The number of amides is 2. The molecule has 1 aliphatic heterocycles. The molecule has 38 heavy (non-hydrogen) atoms. The zero-order valence-electron chi connectivity index (χ0n) is 21.7. The minimum Gasteiger partial charge on any atom is -0.481 e. The molecular weight excluding hydrogens is 504 g/mol. The van der Waals surface area contributed by atoms with Gasteiger partial charge in [-0.05, 0) is 43.9 Å². The maximum atomic E-state index is 13.3. The lowest BCUT2D eigenvalue weighted by atomic mass is 9.90. The number of aliphatic carboxylic acids is 1. The van der Waals surface area contributed by atoms with Crippen molar-refractivity contribution in [3.63, 3.8) is 0 Å². The Bertz CT molecular complexity index is 1330. The fourth-order valence-corrected chi connectivity index (χ4v) is 6.33. The Morgan fingerprint density at radius 2 is 2.05 bits per heavy atom. The van der Waals surface area contributed by atoms with Crippen LogP contribution < -0.4 is 9.80 Å². The van der Waals surface area contributed by atoms with Crippen LogP contribution in [0.3, 0.4) is 0 Å². The monoisotopic (exact) mass is 536 g/mol. The van der Waals surface area contributed by atoms with Crippen LogP contribution in [0.4, 0.5) is 10.9 Å². The average molecular weight is 537 g/mol. The summed E-state index contributed by atoms with van der Waals surface area (Å²) in [6.07, 6.45) is 7.92. The normalized spacial score (nSPS) is 16.8. The van der Waals surface area contributed by atoms with E-state index in [-0.39, 0.29) is 18.2 Å². The van der Waals surface area contributed by atoms with Crippen LogP contribution in [-0.4, -0.2) is 46.5 Å². The minimum absolute atomic E-state index is 0.0855. The van der Waals surface area contributed by atoms with Gasteiger partial charge in [0.2, 0.25) is 11.8 Å². The van der Waals surface area contributed by atoms with E-state index in [1.54, 1.807) is 18.1 Å². The molecule has 0 spiro atoms. The summed E-state index contributed by atoms with van der Waals surface area (Å²) in [4.78, 5) is 49.3. The topological polar surface area (TPSA) is 117 Å². The Morgan fingerprint density at radius 3 is 2.71 bits per heavy atom. The van der Waals surface area contributed by atoms with Crippen LogP contribution in [0.5, 0.6) is 0 Å². The van der Waals surface area contributed by atoms with Gasteiger partial charge in [-0.25, -0.2) is 9.97 Å². The summed E-state index contributed by atoms with van der Waals surface area (Å²) >= 11 is 1.34. The van der Waals surface area contributed by atoms with Crippen molar-refractivity contribution < 1.29 is 23.9 Å². The number of furan rings is 1. The van der Waals surface area contributed by atoms with Gasteiger partial charge in [0.05, 0.1) is 12.1 Å². The molecule has 3 aromatic rings. The third kappa shape index (κ3) is 5.50. The van der Waals surface area contributed by atoms with Gasteiger partial charge < -0.3 is 9.52 Å². The molecule has 0 aromatic carbocycles. The van der Waals surface area contributed by atoms with Gasteiger partial charge in [0.15, 0.2) is 5.13 Å². The number of hydrogen-bond donors (Lipinski definition) is 1. The molecule has 1 saturated heterocycles. The van der Waals surface area contributed by atoms with Crippen molar-refractivity contribution in [2.45, 2.75) is 58.3 Å². The Kier molecular flexibility index (Phi) is 7.60. The number of aryl methyl sites for hydroxylation is 1. The Morgan fingerprint density at radius 1 is 1.26 bits per heavy atom. The van der Waals surface area contributed by atoms with Crippen molar-refractivity contribution in [3.05, 3.63) is 35.5 Å². The van der Waals surface area contributed by atoms with Crippen molar-refractivity contribution in [2.75, 3.05) is 23.4 Å². The summed E-state index contributed by atoms with van der Waals surface area (Å²) in [5.41, 5.74) is 2.21. The van der Waals surface area contributed by atoms with Gasteiger partial charge in [-0.2, -0.15) is 0 Å². The molecule has 1 atom stereocenters. The highest BCUT2D eigenvalue weighted by atomic mass is 32.1. The fraction of sp³-hybridized carbons (Fsp3) is 0.464. The van der Waals surface area contributed by atoms with Crippen molar-refractivity contribution in [3.8, 4) is 22.6 Å². The number of carbonyl (C=O) groups excluding carboxylic acids is 2. The smallest absolute Gasteiger partial charge is 0.304 e. The Labute approximate surface area is 225 Å². The first-order chi connectivity index (χ1) is 18.3. The summed E-state index contributed by atoms with van der Waals surface area (Å²) in [5, 5.41) is 11.8. The lowest BCUT2D eigenvalue weighted by Gasteiger charge is -2.23. The first kappa shape index (κ1) is 26.1. The molecule has 2 aliphatic rings. The summed E-state index contributed by atoms with van der Waals surface area (Å²) in [5.74, 6) is 0.723. The second kappa shape index (κ2) is 11.1. The van der Waals surface area contributed by atoms with E-state index in [0.717, 1.165) is 43.2 Å². The van der Waals surface area contributed by atoms with Gasteiger partial charge in [0.1, 0.15) is 17.3 Å². The highest BCUT2D eigenvalue weighted by molar-refractivity contribution is 7.14. The number of carbonyl (C=O) groups is 3. The summed E-state index contributed by atoms with van der Waals surface area (Å²) in [6.45, 7) is 2.54. The molecule has 4 heterocycles. The lowest BCUT2D eigenvalue weighted by Crippen LogP contribution is -2.35. The van der Waals surface area contributed by atoms with Gasteiger partial charge in [0.25, 0.3) is 0 Å². The highest BCUT2D eigenvalue weighted by Crippen LogP contribution is 2.38. The number of carboxylic acid groups (broad SMARTS) is 1. The molecule has 0 bridgehead atoms. The van der Waals surface area contributed by atoms with Crippen molar-refractivity contribution in [1.29, 1.82) is 0 Å². The van der Waals surface area contributed by atoms with Crippen molar-refractivity contribution in [2.24, 2.45) is 11.8 Å². The lowest BCUT2D eigenvalue weighted by molar-refractivity contribution is -0.140. The molecule has 0 radical (unpaired) electrons. The number of pyridine rings is 1. The molecule has 1 unspecified atom stereocenters. The number of thiazole rings is 1. The molecule has 10 heteroatoms. The Hall–Kier alpha value is -3.53. The molecule has 2 fully saturated rings. The van der Waals surface area contributed by atoms with E-state index >= 15 is 0 Å². The van der Waals surface area contributed by atoms with Crippen LogP contribution in [0.1, 0.15) is 57.1 Å². The van der Waals surface area contributed by atoms with Crippen LogP contribution in [0.15, 0.2) is 34.2 Å². The van der Waals surface area contributed by atoms with Crippen molar-refractivity contribution >= 4 is 40.1 Å². The summed E-state index contributed by atoms with van der Waals surface area (Å²) in [6, 6.07) is 5.62. The van der Waals surface area contributed by atoms with Crippen LogP contribution in [0.25, 0.3) is 22.6 Å². The number of hydrogen-bond acceptors (Lipinski definition) is 7. The number of carboxylic acids is 1. The molecule has 1 N–H and O–H groups in total. The van der Waals surface area contributed by atoms with E-state index in [4.69, 9.17) is 9.40 Å². The number of anilines is 2. The van der Waals surface area contributed by atoms with Crippen LogP contribution in [0.2, 0.25) is 0 Å². The predicted octanol–water partition coefficient (Wildman–Crippen LogP) is 5.53. The summed E-state index contributed by atoms with van der Waals surface area (Å²) < 4.78 is 6.01. The van der Waals surface area contributed by atoms with E-state index in [2.05, 4.69) is 4.98 Å². The second-order valence-corrected chi connectivity index (χ2v) is 11.1. The van der Waals surface area contributed by atoms with Gasteiger partial charge in [-0.3, -0.25) is 24.2 Å². The largest absolute Gasteiger partial charge is 0.481 e. The average Bonchev–Trinajstić information content (AvgIpc) is 3.70.